The van der Waals surface area contributed by atoms with Crippen LogP contribution in [0.1, 0.15) is 5.56 Å². The number of aliphatic hydroxyl groups is 1. The van der Waals surface area contributed by atoms with Crippen molar-refractivity contribution >= 4 is 33.0 Å². The van der Waals surface area contributed by atoms with Crippen molar-refractivity contribution < 1.29 is 9.84 Å². The van der Waals surface area contributed by atoms with E-state index in [0.717, 1.165) is 20.7 Å². The van der Waals surface area contributed by atoms with Crippen molar-refractivity contribution in [2.45, 2.75) is 6.61 Å². The standard InChI is InChI=1S/C10H9ClO2S/c1-13-9-4-7-2-6(5-12)3-8(11)10(7)14-9/h2-4,12H,5H2,1H3. The smallest absolute Gasteiger partial charge is 0.174 e. The molecule has 74 valence electrons. The van der Waals surface area contributed by atoms with E-state index >= 15 is 0 Å². The van der Waals surface area contributed by atoms with Gasteiger partial charge in [0.25, 0.3) is 0 Å². The molecule has 1 heterocycles. The van der Waals surface area contributed by atoms with Crippen LogP contribution >= 0.6 is 22.9 Å². The van der Waals surface area contributed by atoms with Crippen LogP contribution in [-0.2, 0) is 6.61 Å². The molecule has 2 rings (SSSR count). The van der Waals surface area contributed by atoms with Gasteiger partial charge in [0.05, 0.1) is 23.4 Å². The maximum atomic E-state index is 9.00. The summed E-state index contributed by atoms with van der Waals surface area (Å²) in [5.41, 5.74) is 0.822. The van der Waals surface area contributed by atoms with E-state index in [1.54, 1.807) is 13.2 Å². The highest BCUT2D eigenvalue weighted by molar-refractivity contribution is 7.21. The lowest BCUT2D eigenvalue weighted by molar-refractivity contribution is 0.282. The predicted octanol–water partition coefficient (Wildman–Crippen LogP) is 3.06. The molecule has 0 spiro atoms. The lowest BCUT2D eigenvalue weighted by atomic mass is 10.2. The van der Waals surface area contributed by atoms with Gasteiger partial charge >= 0.3 is 0 Å². The molecule has 0 atom stereocenters. The first-order valence-electron chi connectivity index (χ1n) is 4.11. The Morgan fingerprint density at radius 1 is 1.43 bits per heavy atom. The van der Waals surface area contributed by atoms with Crippen LogP contribution in [0.2, 0.25) is 5.02 Å². The molecule has 1 aromatic heterocycles. The summed E-state index contributed by atoms with van der Waals surface area (Å²) in [6.45, 7) is 0.00776. The fourth-order valence-corrected chi connectivity index (χ4v) is 2.56. The number of ether oxygens (including phenoxy) is 1. The third-order valence-corrected chi connectivity index (χ3v) is 3.55. The number of aliphatic hydroxyl groups excluding tert-OH is 1. The van der Waals surface area contributed by atoms with Crippen LogP contribution in [0.25, 0.3) is 10.1 Å². The van der Waals surface area contributed by atoms with Gasteiger partial charge in [0.15, 0.2) is 5.06 Å². The Kier molecular flexibility index (Phi) is 2.63. The highest BCUT2D eigenvalue weighted by atomic mass is 35.5. The largest absolute Gasteiger partial charge is 0.487 e. The Morgan fingerprint density at radius 3 is 2.86 bits per heavy atom. The molecule has 0 unspecified atom stereocenters. The van der Waals surface area contributed by atoms with Crippen LogP contribution in [0, 0.1) is 0 Å². The second-order valence-electron chi connectivity index (χ2n) is 2.92. The van der Waals surface area contributed by atoms with Gasteiger partial charge in [-0.2, -0.15) is 0 Å². The van der Waals surface area contributed by atoms with Crippen molar-refractivity contribution in [3.05, 3.63) is 28.8 Å². The molecule has 0 aliphatic heterocycles. The molecule has 0 bridgehead atoms. The molecule has 14 heavy (non-hydrogen) atoms. The molecule has 0 radical (unpaired) electrons. The molecule has 0 aliphatic carbocycles. The summed E-state index contributed by atoms with van der Waals surface area (Å²) in [6.07, 6.45) is 0. The minimum atomic E-state index is 0.00776. The van der Waals surface area contributed by atoms with Gasteiger partial charge in [-0.3, -0.25) is 0 Å². The van der Waals surface area contributed by atoms with Gasteiger partial charge in [-0.05, 0) is 29.1 Å². The molecule has 4 heteroatoms. The van der Waals surface area contributed by atoms with Crippen LogP contribution in [0.3, 0.4) is 0 Å². The Balaban J connectivity index is 2.67. The van der Waals surface area contributed by atoms with E-state index in [4.69, 9.17) is 21.4 Å². The van der Waals surface area contributed by atoms with E-state index in [1.165, 1.54) is 11.3 Å². The summed E-state index contributed by atoms with van der Waals surface area (Å²) in [5, 5.41) is 11.5. The fourth-order valence-electron chi connectivity index (χ4n) is 1.34. The SMILES string of the molecule is COc1cc2cc(CO)cc(Cl)c2s1. The minimum Gasteiger partial charge on any atom is -0.487 e. The predicted molar refractivity (Wildman–Crippen MR) is 59.3 cm³/mol. The van der Waals surface area contributed by atoms with Crippen molar-refractivity contribution in [1.82, 2.24) is 0 Å². The van der Waals surface area contributed by atoms with E-state index in [-0.39, 0.29) is 6.61 Å². The zero-order valence-corrected chi connectivity index (χ0v) is 9.15. The number of hydrogen-bond donors (Lipinski definition) is 1. The van der Waals surface area contributed by atoms with Crippen LogP contribution in [0.15, 0.2) is 18.2 Å². The second-order valence-corrected chi connectivity index (χ2v) is 4.35. The van der Waals surface area contributed by atoms with Gasteiger partial charge in [-0.1, -0.05) is 22.9 Å². The first-order chi connectivity index (χ1) is 6.74. The van der Waals surface area contributed by atoms with Gasteiger partial charge in [-0.15, -0.1) is 0 Å². The summed E-state index contributed by atoms with van der Waals surface area (Å²) in [4.78, 5) is 0. The van der Waals surface area contributed by atoms with E-state index in [2.05, 4.69) is 0 Å². The molecule has 0 fully saturated rings. The molecule has 1 aromatic carbocycles. The highest BCUT2D eigenvalue weighted by Gasteiger charge is 2.07. The van der Waals surface area contributed by atoms with E-state index in [1.807, 2.05) is 12.1 Å². The molecule has 1 N–H and O–H groups in total. The van der Waals surface area contributed by atoms with E-state index < -0.39 is 0 Å². The van der Waals surface area contributed by atoms with Crippen LogP contribution < -0.4 is 4.74 Å². The maximum Gasteiger partial charge on any atom is 0.174 e. The lowest BCUT2D eigenvalue weighted by Gasteiger charge is -1.97. The maximum absolute atomic E-state index is 9.00. The van der Waals surface area contributed by atoms with Gasteiger partial charge in [0.1, 0.15) is 0 Å². The Labute approximate surface area is 90.7 Å². The number of halogens is 1. The van der Waals surface area contributed by atoms with Crippen LogP contribution in [0.4, 0.5) is 0 Å². The number of fused-ring (bicyclic) bond motifs is 1. The van der Waals surface area contributed by atoms with Gasteiger partial charge in [-0.25, -0.2) is 0 Å². The molecule has 2 aromatic rings. The molecular weight excluding hydrogens is 220 g/mol. The Hall–Kier alpha value is -0.770. The second kappa shape index (κ2) is 3.77. The molecule has 0 aliphatic rings. The number of rotatable bonds is 2. The average Bonchev–Trinajstić information content (AvgIpc) is 2.61. The van der Waals surface area contributed by atoms with Gasteiger partial charge < -0.3 is 9.84 Å². The molecular formula is C10H9ClO2S. The summed E-state index contributed by atoms with van der Waals surface area (Å²) in [7, 11) is 1.63. The monoisotopic (exact) mass is 228 g/mol. The van der Waals surface area contributed by atoms with E-state index in [9.17, 15) is 0 Å². The van der Waals surface area contributed by atoms with Crippen LogP contribution in [0.5, 0.6) is 5.06 Å². The number of methoxy groups -OCH3 is 1. The molecule has 2 nitrogen and oxygen atoms in total. The first kappa shape index (κ1) is 9.77. The van der Waals surface area contributed by atoms with Crippen molar-refractivity contribution in [3.63, 3.8) is 0 Å². The van der Waals surface area contributed by atoms with Crippen LogP contribution in [-0.4, -0.2) is 12.2 Å². The van der Waals surface area contributed by atoms with E-state index in [0.29, 0.717) is 5.02 Å². The summed E-state index contributed by atoms with van der Waals surface area (Å²) in [5.74, 6) is 0. The summed E-state index contributed by atoms with van der Waals surface area (Å²) < 4.78 is 6.13. The number of benzene rings is 1. The third kappa shape index (κ3) is 1.59. The molecule has 0 saturated carbocycles. The first-order valence-corrected chi connectivity index (χ1v) is 5.31. The zero-order valence-electron chi connectivity index (χ0n) is 7.58. The lowest BCUT2D eigenvalue weighted by Crippen LogP contribution is -1.81. The van der Waals surface area contributed by atoms with Crippen molar-refractivity contribution in [2.75, 3.05) is 7.11 Å². The molecule has 0 amide bonds. The highest BCUT2D eigenvalue weighted by Crippen LogP contribution is 2.36. The number of thiophene rings is 1. The van der Waals surface area contributed by atoms with Gasteiger partial charge in [0.2, 0.25) is 0 Å². The Bertz CT molecular complexity index is 464. The third-order valence-electron chi connectivity index (χ3n) is 1.99. The van der Waals surface area contributed by atoms with Crippen molar-refractivity contribution in [2.24, 2.45) is 0 Å². The molecule has 0 saturated heterocycles. The normalized spacial score (nSPS) is 10.8. The zero-order chi connectivity index (χ0) is 10.1. The summed E-state index contributed by atoms with van der Waals surface area (Å²) in [6, 6.07) is 5.62. The number of hydrogen-bond acceptors (Lipinski definition) is 3. The topological polar surface area (TPSA) is 29.5 Å². The minimum absolute atomic E-state index is 0.00776. The fraction of sp³-hybridized carbons (Fsp3) is 0.200. The van der Waals surface area contributed by atoms with Crippen molar-refractivity contribution in [1.29, 1.82) is 0 Å². The van der Waals surface area contributed by atoms with Gasteiger partial charge in [0, 0.05) is 0 Å². The quantitative estimate of drug-likeness (QED) is 0.856. The summed E-state index contributed by atoms with van der Waals surface area (Å²) >= 11 is 7.56. The van der Waals surface area contributed by atoms with Crippen molar-refractivity contribution in [3.8, 4) is 5.06 Å². The Morgan fingerprint density at radius 2 is 2.21 bits per heavy atom. The average molecular weight is 229 g/mol.